The van der Waals surface area contributed by atoms with Crippen molar-refractivity contribution in [2.24, 2.45) is 0 Å². The van der Waals surface area contributed by atoms with Crippen LogP contribution in [0.4, 0.5) is 0 Å². The van der Waals surface area contributed by atoms with E-state index in [1.165, 1.54) is 11.3 Å². The number of benzene rings is 3. The van der Waals surface area contributed by atoms with Gasteiger partial charge in [-0.05, 0) is 41.8 Å². The summed E-state index contributed by atoms with van der Waals surface area (Å²) in [4.78, 5) is 13.8. The van der Waals surface area contributed by atoms with E-state index >= 15 is 0 Å². The standard InChI is InChI=1S/C26H21N3O3S/c1-17-8-6-7-11-20(17)24-27-28-26-29(24)25(30)23(33-26)15-19-12-13-21(22(14-19)31-2)32-16-18-9-4-3-5-10-18/h3-15H,16H2,1-2H3. The highest BCUT2D eigenvalue weighted by Crippen LogP contribution is 2.29. The van der Waals surface area contributed by atoms with E-state index in [1.807, 2.05) is 85.8 Å². The van der Waals surface area contributed by atoms with Crippen LogP contribution >= 0.6 is 11.3 Å². The van der Waals surface area contributed by atoms with Crippen molar-refractivity contribution in [1.29, 1.82) is 0 Å². The molecule has 5 rings (SSSR count). The van der Waals surface area contributed by atoms with Crippen molar-refractivity contribution in [1.82, 2.24) is 14.6 Å². The van der Waals surface area contributed by atoms with Gasteiger partial charge >= 0.3 is 0 Å². The van der Waals surface area contributed by atoms with Crippen molar-refractivity contribution in [3.05, 3.63) is 104 Å². The maximum atomic E-state index is 13.2. The highest BCUT2D eigenvalue weighted by molar-refractivity contribution is 7.15. The first-order valence-electron chi connectivity index (χ1n) is 10.4. The Labute approximate surface area is 194 Å². The van der Waals surface area contributed by atoms with Gasteiger partial charge in [-0.2, -0.15) is 0 Å². The summed E-state index contributed by atoms with van der Waals surface area (Å²) in [6.45, 7) is 2.44. The molecule has 0 atom stereocenters. The average Bonchev–Trinajstić information content (AvgIpc) is 3.39. The molecule has 6 nitrogen and oxygen atoms in total. The molecule has 0 radical (unpaired) electrons. The van der Waals surface area contributed by atoms with Crippen molar-refractivity contribution >= 4 is 22.4 Å². The molecule has 0 saturated carbocycles. The minimum absolute atomic E-state index is 0.137. The number of hydrogen-bond donors (Lipinski definition) is 0. The molecule has 0 saturated heterocycles. The molecule has 0 fully saturated rings. The lowest BCUT2D eigenvalue weighted by Crippen LogP contribution is -2.23. The van der Waals surface area contributed by atoms with Gasteiger partial charge in [0.1, 0.15) is 6.61 Å². The molecular formula is C26H21N3O3S. The number of rotatable bonds is 6. The Morgan fingerprint density at radius 2 is 1.76 bits per heavy atom. The molecule has 0 unspecified atom stereocenters. The van der Waals surface area contributed by atoms with Crippen LogP contribution in [-0.2, 0) is 6.61 Å². The first kappa shape index (κ1) is 20.9. The van der Waals surface area contributed by atoms with E-state index in [-0.39, 0.29) is 5.56 Å². The molecule has 0 spiro atoms. The Morgan fingerprint density at radius 1 is 0.970 bits per heavy atom. The van der Waals surface area contributed by atoms with Gasteiger partial charge in [0.2, 0.25) is 4.96 Å². The second-order valence-corrected chi connectivity index (χ2v) is 8.57. The van der Waals surface area contributed by atoms with Crippen LogP contribution in [0, 0.1) is 6.92 Å². The summed E-state index contributed by atoms with van der Waals surface area (Å²) in [6.07, 6.45) is 1.84. The number of ether oxygens (including phenoxy) is 2. The highest BCUT2D eigenvalue weighted by Gasteiger charge is 2.15. The third-order valence-corrected chi connectivity index (χ3v) is 6.32. The van der Waals surface area contributed by atoms with Crippen LogP contribution in [-0.4, -0.2) is 21.7 Å². The second-order valence-electron chi connectivity index (χ2n) is 7.56. The van der Waals surface area contributed by atoms with Gasteiger partial charge in [0.05, 0.1) is 11.6 Å². The van der Waals surface area contributed by atoms with E-state index in [2.05, 4.69) is 10.2 Å². The Hall–Kier alpha value is -3.97. The molecule has 0 aliphatic carbocycles. The quantitative estimate of drug-likeness (QED) is 0.383. The first-order chi connectivity index (χ1) is 16.1. The molecule has 0 bridgehead atoms. The molecule has 0 aliphatic heterocycles. The van der Waals surface area contributed by atoms with Gasteiger partial charge in [0, 0.05) is 5.56 Å². The lowest BCUT2D eigenvalue weighted by molar-refractivity contribution is 0.284. The summed E-state index contributed by atoms with van der Waals surface area (Å²) in [6, 6.07) is 23.4. The van der Waals surface area contributed by atoms with E-state index in [0.717, 1.165) is 22.3 Å². The molecule has 164 valence electrons. The fourth-order valence-corrected chi connectivity index (χ4v) is 4.55. The molecule has 0 N–H and O–H groups in total. The molecule has 0 amide bonds. The summed E-state index contributed by atoms with van der Waals surface area (Å²) < 4.78 is 13.6. The molecule has 33 heavy (non-hydrogen) atoms. The fraction of sp³-hybridized carbons (Fsp3) is 0.115. The van der Waals surface area contributed by atoms with E-state index in [1.54, 1.807) is 11.5 Å². The number of nitrogens with zero attached hydrogens (tertiary/aromatic N) is 3. The van der Waals surface area contributed by atoms with E-state index in [9.17, 15) is 4.79 Å². The van der Waals surface area contributed by atoms with Gasteiger partial charge in [0.25, 0.3) is 5.56 Å². The van der Waals surface area contributed by atoms with Crippen molar-refractivity contribution in [2.45, 2.75) is 13.5 Å². The SMILES string of the molecule is COc1cc(C=c2sc3nnc(-c4ccccc4C)n3c2=O)ccc1OCc1ccccc1. The van der Waals surface area contributed by atoms with Crippen molar-refractivity contribution in [3.8, 4) is 22.9 Å². The van der Waals surface area contributed by atoms with Crippen molar-refractivity contribution in [3.63, 3.8) is 0 Å². The van der Waals surface area contributed by atoms with Gasteiger partial charge in [-0.1, -0.05) is 72.0 Å². The number of thiazole rings is 1. The molecule has 5 aromatic rings. The number of fused-ring (bicyclic) bond motifs is 1. The normalized spacial score (nSPS) is 11.8. The smallest absolute Gasteiger partial charge is 0.276 e. The summed E-state index contributed by atoms with van der Waals surface area (Å²) in [7, 11) is 1.60. The van der Waals surface area contributed by atoms with Crippen LogP contribution in [0.3, 0.4) is 0 Å². The topological polar surface area (TPSA) is 65.7 Å². The number of hydrogen-bond acceptors (Lipinski definition) is 6. The summed E-state index contributed by atoms with van der Waals surface area (Å²) >= 11 is 1.31. The van der Waals surface area contributed by atoms with Crippen LogP contribution < -0.4 is 19.6 Å². The number of aromatic nitrogens is 3. The maximum Gasteiger partial charge on any atom is 0.276 e. The summed E-state index contributed by atoms with van der Waals surface area (Å²) in [5.41, 5.74) is 3.71. The molecule has 2 heterocycles. The Balaban J connectivity index is 1.49. The van der Waals surface area contributed by atoms with Gasteiger partial charge in [-0.15, -0.1) is 10.2 Å². The van der Waals surface area contributed by atoms with Gasteiger partial charge in [0.15, 0.2) is 17.3 Å². The summed E-state index contributed by atoms with van der Waals surface area (Å²) in [5, 5.41) is 8.48. The van der Waals surface area contributed by atoms with E-state index < -0.39 is 0 Å². The predicted molar refractivity (Wildman–Crippen MR) is 130 cm³/mol. The zero-order chi connectivity index (χ0) is 22.8. The third kappa shape index (κ3) is 4.10. The maximum absolute atomic E-state index is 13.2. The molecule has 0 aliphatic rings. The molecule has 3 aromatic carbocycles. The van der Waals surface area contributed by atoms with E-state index in [4.69, 9.17) is 9.47 Å². The van der Waals surface area contributed by atoms with Crippen LogP contribution in [0.2, 0.25) is 0 Å². The van der Waals surface area contributed by atoms with Gasteiger partial charge in [-0.25, -0.2) is 4.40 Å². The van der Waals surface area contributed by atoms with E-state index in [0.29, 0.717) is 33.4 Å². The van der Waals surface area contributed by atoms with Crippen LogP contribution in [0.15, 0.2) is 77.6 Å². The van der Waals surface area contributed by atoms with Gasteiger partial charge in [-0.3, -0.25) is 4.79 Å². The summed E-state index contributed by atoms with van der Waals surface area (Å²) in [5.74, 6) is 1.81. The lowest BCUT2D eigenvalue weighted by atomic mass is 10.1. The van der Waals surface area contributed by atoms with Crippen molar-refractivity contribution < 1.29 is 9.47 Å². The minimum atomic E-state index is -0.137. The highest BCUT2D eigenvalue weighted by atomic mass is 32.1. The van der Waals surface area contributed by atoms with Gasteiger partial charge < -0.3 is 9.47 Å². The lowest BCUT2D eigenvalue weighted by Gasteiger charge is -2.11. The third-order valence-electron chi connectivity index (χ3n) is 5.36. The molecule has 7 heteroatoms. The first-order valence-corrected chi connectivity index (χ1v) is 11.3. The zero-order valence-electron chi connectivity index (χ0n) is 18.2. The average molecular weight is 456 g/mol. The Bertz CT molecular complexity index is 1540. The molecule has 2 aromatic heterocycles. The van der Waals surface area contributed by atoms with Crippen molar-refractivity contribution in [2.75, 3.05) is 7.11 Å². The largest absolute Gasteiger partial charge is 0.493 e. The second kappa shape index (κ2) is 8.88. The number of aryl methyl sites for hydroxylation is 1. The predicted octanol–water partition coefficient (Wildman–Crippen LogP) is 4.26. The van der Waals surface area contributed by atoms with Crippen LogP contribution in [0.1, 0.15) is 16.7 Å². The van der Waals surface area contributed by atoms with Crippen LogP contribution in [0.25, 0.3) is 22.4 Å². The Morgan fingerprint density at radius 3 is 2.55 bits per heavy atom. The minimum Gasteiger partial charge on any atom is -0.493 e. The monoisotopic (exact) mass is 455 g/mol. The zero-order valence-corrected chi connectivity index (χ0v) is 19.0. The Kier molecular flexibility index (Phi) is 5.62. The molecular weight excluding hydrogens is 434 g/mol. The number of methoxy groups -OCH3 is 1. The van der Waals surface area contributed by atoms with Crippen LogP contribution in [0.5, 0.6) is 11.5 Å². The fourth-order valence-electron chi connectivity index (χ4n) is 3.64.